The predicted molar refractivity (Wildman–Crippen MR) is 190 cm³/mol. The van der Waals surface area contributed by atoms with E-state index in [1.165, 1.54) is 12.8 Å². The van der Waals surface area contributed by atoms with Gasteiger partial charge in [0.05, 0.1) is 41.4 Å². The second kappa shape index (κ2) is 13.5. The molecule has 1 aliphatic carbocycles. The number of imidazole rings is 3. The van der Waals surface area contributed by atoms with Gasteiger partial charge < -0.3 is 15.6 Å². The molecule has 0 aliphatic heterocycles. The third kappa shape index (κ3) is 7.36. The Balaban J connectivity index is 0.000000189. The number of benzene rings is 1. The molecule has 45 heavy (non-hydrogen) atoms. The molecule has 6 aromatic rings. The van der Waals surface area contributed by atoms with Gasteiger partial charge in [-0.3, -0.25) is 0 Å². The zero-order valence-electron chi connectivity index (χ0n) is 25.5. The zero-order valence-corrected chi connectivity index (χ0v) is 29.2. The summed E-state index contributed by atoms with van der Waals surface area (Å²) in [7, 11) is 0. The Kier molecular flexibility index (Phi) is 9.48. The number of hydrogen-bond donors (Lipinski definition) is 3. The van der Waals surface area contributed by atoms with Gasteiger partial charge in [0.25, 0.3) is 0 Å². The van der Waals surface area contributed by atoms with Crippen LogP contribution in [0, 0.1) is 15.5 Å². The standard InChI is InChI=1S/C22H23ClN6.C10H12ClIN4/c1-13(2)10-24-17-9-20(23)28-29-19(12-26-22(17)29)15-5-3-14(4-6-15)18-11-25-21(27-18)16-7-8-16;1-6(2)4-13-7-3-8(11)15-16-9(12)5-14-10(7)16/h3-6,9,11-13,16,24H,7-8,10H2,1-2H3,(H,25,27);3,5-6,13H,4H2,1-2H3. The lowest BCUT2D eigenvalue weighted by molar-refractivity contribution is 0.688. The highest BCUT2D eigenvalue weighted by atomic mass is 127. The predicted octanol–water partition coefficient (Wildman–Crippen LogP) is 8.44. The molecule has 234 valence electrons. The fourth-order valence-corrected chi connectivity index (χ4v) is 5.65. The van der Waals surface area contributed by atoms with E-state index in [0.717, 1.165) is 67.8 Å². The molecule has 0 amide bonds. The molecule has 0 radical (unpaired) electrons. The van der Waals surface area contributed by atoms with Crippen molar-refractivity contribution < 1.29 is 0 Å². The Hall–Kier alpha value is -3.42. The van der Waals surface area contributed by atoms with Crippen LogP contribution in [-0.2, 0) is 0 Å². The molecule has 10 nitrogen and oxygen atoms in total. The number of rotatable bonds is 9. The van der Waals surface area contributed by atoms with Gasteiger partial charge in [0.15, 0.2) is 21.6 Å². The normalized spacial score (nSPS) is 13.1. The van der Waals surface area contributed by atoms with Gasteiger partial charge in [-0.05, 0) is 52.8 Å². The molecule has 5 aromatic heterocycles. The summed E-state index contributed by atoms with van der Waals surface area (Å²) in [5.74, 6) is 2.81. The maximum absolute atomic E-state index is 6.28. The molecule has 0 unspecified atom stereocenters. The van der Waals surface area contributed by atoms with Crippen molar-refractivity contribution in [1.82, 2.24) is 39.2 Å². The highest BCUT2D eigenvalue weighted by Crippen LogP contribution is 2.39. The molecule has 7 rings (SSSR count). The molecule has 0 saturated heterocycles. The largest absolute Gasteiger partial charge is 0.382 e. The van der Waals surface area contributed by atoms with Gasteiger partial charge in [0.1, 0.15) is 9.53 Å². The minimum absolute atomic E-state index is 0.435. The summed E-state index contributed by atoms with van der Waals surface area (Å²) in [6, 6.07) is 12.0. The van der Waals surface area contributed by atoms with Crippen LogP contribution in [0.15, 0.2) is 55.0 Å². The Morgan fingerprint density at radius 3 is 1.96 bits per heavy atom. The van der Waals surface area contributed by atoms with E-state index in [2.05, 4.69) is 115 Å². The third-order valence-electron chi connectivity index (χ3n) is 7.29. The van der Waals surface area contributed by atoms with Crippen molar-refractivity contribution >= 4 is 68.5 Å². The highest BCUT2D eigenvalue weighted by Gasteiger charge is 2.26. The second-order valence-electron chi connectivity index (χ2n) is 12.0. The number of anilines is 2. The smallest absolute Gasteiger partial charge is 0.178 e. The summed E-state index contributed by atoms with van der Waals surface area (Å²) >= 11 is 14.4. The first kappa shape index (κ1) is 31.6. The lowest BCUT2D eigenvalue weighted by Gasteiger charge is -2.11. The first-order valence-electron chi connectivity index (χ1n) is 15.0. The molecule has 1 fully saturated rings. The van der Waals surface area contributed by atoms with Gasteiger partial charge in [-0.1, -0.05) is 75.2 Å². The molecule has 0 atom stereocenters. The Labute approximate surface area is 285 Å². The van der Waals surface area contributed by atoms with Crippen molar-refractivity contribution in [3.63, 3.8) is 0 Å². The summed E-state index contributed by atoms with van der Waals surface area (Å²) in [5, 5.41) is 16.3. The topological polar surface area (TPSA) is 113 Å². The van der Waals surface area contributed by atoms with Crippen molar-refractivity contribution in [1.29, 1.82) is 0 Å². The van der Waals surface area contributed by atoms with Crippen LogP contribution in [0.4, 0.5) is 11.4 Å². The second-order valence-corrected chi connectivity index (χ2v) is 13.9. The van der Waals surface area contributed by atoms with Gasteiger partial charge in [-0.15, -0.1) is 0 Å². The number of H-pyrrole nitrogens is 1. The first-order chi connectivity index (χ1) is 21.7. The minimum Gasteiger partial charge on any atom is -0.382 e. The summed E-state index contributed by atoms with van der Waals surface area (Å²) in [4.78, 5) is 16.9. The van der Waals surface area contributed by atoms with Gasteiger partial charge in [0.2, 0.25) is 0 Å². The molecule has 3 N–H and O–H groups in total. The summed E-state index contributed by atoms with van der Waals surface area (Å²) < 4.78 is 4.50. The third-order valence-corrected chi connectivity index (χ3v) is 8.39. The van der Waals surface area contributed by atoms with Gasteiger partial charge in [-0.2, -0.15) is 10.2 Å². The fourth-order valence-electron chi connectivity index (χ4n) is 4.80. The van der Waals surface area contributed by atoms with E-state index in [-0.39, 0.29) is 0 Å². The number of aromatic amines is 1. The molecule has 1 aliphatic rings. The number of nitrogens with zero attached hydrogens (tertiary/aromatic N) is 7. The van der Waals surface area contributed by atoms with Gasteiger partial charge >= 0.3 is 0 Å². The molecule has 0 bridgehead atoms. The van der Waals surface area contributed by atoms with E-state index in [4.69, 9.17) is 23.2 Å². The van der Waals surface area contributed by atoms with Gasteiger partial charge in [-0.25, -0.2) is 24.0 Å². The van der Waals surface area contributed by atoms with E-state index < -0.39 is 0 Å². The van der Waals surface area contributed by atoms with Crippen molar-refractivity contribution in [3.05, 3.63) is 74.8 Å². The molecule has 5 heterocycles. The van der Waals surface area contributed by atoms with Crippen LogP contribution < -0.4 is 10.6 Å². The zero-order chi connectivity index (χ0) is 31.7. The molecular weight excluding hydrogens is 722 g/mol. The van der Waals surface area contributed by atoms with Crippen LogP contribution in [-0.4, -0.2) is 52.3 Å². The molecule has 1 aromatic carbocycles. The van der Waals surface area contributed by atoms with Crippen LogP contribution in [0.3, 0.4) is 0 Å². The van der Waals surface area contributed by atoms with Crippen molar-refractivity contribution in [2.24, 2.45) is 11.8 Å². The number of nitrogens with one attached hydrogen (secondary N) is 3. The van der Waals surface area contributed by atoms with Crippen molar-refractivity contribution in [2.45, 2.75) is 46.5 Å². The molecule has 13 heteroatoms. The lowest BCUT2D eigenvalue weighted by Crippen LogP contribution is -2.10. The highest BCUT2D eigenvalue weighted by molar-refractivity contribution is 14.1. The van der Waals surface area contributed by atoms with E-state index in [9.17, 15) is 0 Å². The van der Waals surface area contributed by atoms with E-state index in [1.54, 1.807) is 15.2 Å². The van der Waals surface area contributed by atoms with E-state index >= 15 is 0 Å². The van der Waals surface area contributed by atoms with Crippen molar-refractivity contribution in [2.75, 3.05) is 23.7 Å². The van der Waals surface area contributed by atoms with E-state index in [0.29, 0.717) is 28.1 Å². The monoisotopic (exact) mass is 756 g/mol. The molecule has 1 saturated carbocycles. The average Bonchev–Trinajstić information content (AvgIpc) is 3.39. The summed E-state index contributed by atoms with van der Waals surface area (Å²) in [5.41, 5.74) is 7.53. The Morgan fingerprint density at radius 2 is 1.36 bits per heavy atom. The number of fused-ring (bicyclic) bond motifs is 2. The van der Waals surface area contributed by atoms with E-state index in [1.807, 2.05) is 24.5 Å². The quantitative estimate of drug-likeness (QED) is 0.127. The van der Waals surface area contributed by atoms with Crippen LogP contribution in [0.2, 0.25) is 10.3 Å². The maximum Gasteiger partial charge on any atom is 0.178 e. The average molecular weight is 758 g/mol. The molecular formula is C32H35Cl2IN10. The number of hydrogen-bond acceptors (Lipinski definition) is 7. The SMILES string of the molecule is CC(C)CNc1cc(Cl)nn2c(-c3ccc(-c4cnc(C5CC5)[nH]4)cc3)cnc12.CC(C)CNc1cc(Cl)nn2c(I)cnc12. The number of halogens is 3. The fraction of sp³-hybridized carbons (Fsp3) is 0.344. The van der Waals surface area contributed by atoms with Crippen LogP contribution in [0.25, 0.3) is 33.8 Å². The summed E-state index contributed by atoms with van der Waals surface area (Å²) in [6.45, 7) is 10.4. The minimum atomic E-state index is 0.435. The number of aromatic nitrogens is 8. The van der Waals surface area contributed by atoms with Gasteiger partial charge in [0, 0.05) is 36.7 Å². The Morgan fingerprint density at radius 1 is 0.800 bits per heavy atom. The van der Waals surface area contributed by atoms with Crippen molar-refractivity contribution in [3.8, 4) is 22.5 Å². The molecule has 0 spiro atoms. The summed E-state index contributed by atoms with van der Waals surface area (Å²) in [6.07, 6.45) is 8.02. The first-order valence-corrected chi connectivity index (χ1v) is 16.9. The van der Waals surface area contributed by atoms with Crippen LogP contribution >= 0.6 is 45.8 Å². The lowest BCUT2D eigenvalue weighted by atomic mass is 10.1. The maximum atomic E-state index is 6.28. The Bertz CT molecular complexity index is 1920. The van der Waals surface area contributed by atoms with Crippen LogP contribution in [0.1, 0.15) is 52.3 Å². The van der Waals surface area contributed by atoms with Crippen LogP contribution in [0.5, 0.6) is 0 Å².